The summed E-state index contributed by atoms with van der Waals surface area (Å²) in [7, 11) is 0. The maximum Gasteiger partial charge on any atom is 0.257 e. The number of guanidine groups is 1. The first-order valence-electron chi connectivity index (χ1n) is 7.22. The molecule has 0 saturated heterocycles. The van der Waals surface area contributed by atoms with Gasteiger partial charge in [0.05, 0.1) is 18.3 Å². The average molecular weight is 323 g/mol. The molecule has 1 amide bonds. The van der Waals surface area contributed by atoms with Crippen LogP contribution in [0.2, 0.25) is 0 Å². The van der Waals surface area contributed by atoms with E-state index in [1.807, 2.05) is 41.3 Å². The number of rotatable bonds is 2. The first kappa shape index (κ1) is 13.8. The van der Waals surface area contributed by atoms with Gasteiger partial charge in [-0.1, -0.05) is 18.2 Å². The minimum Gasteiger partial charge on any atom is -0.310 e. The predicted molar refractivity (Wildman–Crippen MR) is 91.0 cm³/mol. The van der Waals surface area contributed by atoms with Gasteiger partial charge >= 0.3 is 0 Å². The van der Waals surface area contributed by atoms with Gasteiger partial charge in [0.15, 0.2) is 0 Å². The lowest BCUT2D eigenvalue weighted by atomic mass is 10.2. The van der Waals surface area contributed by atoms with Crippen LogP contribution < -0.4 is 10.2 Å². The molecule has 1 aliphatic rings. The number of nitrogens with one attached hydrogen (secondary N) is 1. The minimum atomic E-state index is -0.160. The third kappa shape index (κ3) is 2.66. The fourth-order valence-electron chi connectivity index (χ4n) is 2.51. The lowest BCUT2D eigenvalue weighted by Gasteiger charge is -2.20. The summed E-state index contributed by atoms with van der Waals surface area (Å²) in [5, 5.41) is 2.89. The van der Waals surface area contributed by atoms with E-state index in [4.69, 9.17) is 0 Å². The van der Waals surface area contributed by atoms with Crippen molar-refractivity contribution in [2.75, 3.05) is 18.0 Å². The summed E-state index contributed by atoms with van der Waals surface area (Å²) in [6, 6.07) is 15.0. The number of nitrogens with zero attached hydrogens (tertiary/aromatic N) is 4. The zero-order chi connectivity index (χ0) is 15.6. The van der Waals surface area contributed by atoms with Gasteiger partial charge in [0.2, 0.25) is 5.96 Å². The van der Waals surface area contributed by atoms with Crippen LogP contribution in [0.1, 0.15) is 10.4 Å². The summed E-state index contributed by atoms with van der Waals surface area (Å²) in [4.78, 5) is 18.7. The highest BCUT2D eigenvalue weighted by Gasteiger charge is 2.21. The summed E-state index contributed by atoms with van der Waals surface area (Å²) < 4.78 is 8.47. The monoisotopic (exact) mass is 323 g/mol. The van der Waals surface area contributed by atoms with E-state index in [-0.39, 0.29) is 5.91 Å². The molecular formula is C16H13N5OS. The highest BCUT2D eigenvalue weighted by atomic mass is 32.1. The minimum absolute atomic E-state index is 0.160. The number of anilines is 1. The highest BCUT2D eigenvalue weighted by molar-refractivity contribution is 7.00. The zero-order valence-corrected chi connectivity index (χ0v) is 13.0. The fourth-order valence-corrected chi connectivity index (χ4v) is 3.02. The highest BCUT2D eigenvalue weighted by Crippen LogP contribution is 2.22. The Labute approximate surface area is 136 Å². The zero-order valence-electron chi connectivity index (χ0n) is 12.1. The lowest BCUT2D eigenvalue weighted by Crippen LogP contribution is -2.41. The molecule has 1 N–H and O–H groups in total. The number of hydrogen-bond donors (Lipinski definition) is 1. The molecule has 0 atom stereocenters. The van der Waals surface area contributed by atoms with Crippen molar-refractivity contribution >= 4 is 40.3 Å². The van der Waals surface area contributed by atoms with Gasteiger partial charge in [0.25, 0.3) is 5.91 Å². The SMILES string of the molecule is O=C(NC1=NCCN1c1ccc2nsnc2c1)c1ccccc1. The number of carbonyl (C=O) groups is 1. The van der Waals surface area contributed by atoms with Gasteiger partial charge in [0, 0.05) is 17.8 Å². The third-order valence-corrected chi connectivity index (χ3v) is 4.21. The molecule has 2 aromatic carbocycles. The Hall–Kier alpha value is -2.80. The molecule has 23 heavy (non-hydrogen) atoms. The Morgan fingerprint density at radius 3 is 2.78 bits per heavy atom. The normalized spacial score (nSPS) is 14.1. The van der Waals surface area contributed by atoms with Gasteiger partial charge < -0.3 is 4.90 Å². The van der Waals surface area contributed by atoms with Crippen molar-refractivity contribution in [2.24, 2.45) is 4.99 Å². The van der Waals surface area contributed by atoms with Crippen LogP contribution in [0, 0.1) is 0 Å². The van der Waals surface area contributed by atoms with Crippen molar-refractivity contribution in [2.45, 2.75) is 0 Å². The second-order valence-electron chi connectivity index (χ2n) is 5.11. The molecule has 0 unspecified atom stereocenters. The molecule has 0 radical (unpaired) electrons. The van der Waals surface area contributed by atoms with Gasteiger partial charge in [-0.25, -0.2) is 0 Å². The molecule has 1 aromatic heterocycles. The average Bonchev–Trinajstić information content (AvgIpc) is 3.23. The van der Waals surface area contributed by atoms with Crippen molar-refractivity contribution in [3.63, 3.8) is 0 Å². The molecule has 114 valence electrons. The number of aromatic nitrogens is 2. The van der Waals surface area contributed by atoms with Crippen molar-refractivity contribution in [3.05, 3.63) is 54.1 Å². The van der Waals surface area contributed by atoms with E-state index in [2.05, 4.69) is 19.1 Å². The van der Waals surface area contributed by atoms with Gasteiger partial charge in [-0.2, -0.15) is 8.75 Å². The predicted octanol–water partition coefficient (Wildman–Crippen LogP) is 2.30. The van der Waals surface area contributed by atoms with Crippen LogP contribution in [0.4, 0.5) is 5.69 Å². The van der Waals surface area contributed by atoms with Crippen molar-refractivity contribution < 1.29 is 4.79 Å². The van der Waals surface area contributed by atoms with Crippen LogP contribution in [0.15, 0.2) is 53.5 Å². The number of carbonyl (C=O) groups excluding carboxylic acids is 1. The van der Waals surface area contributed by atoms with Gasteiger partial charge in [-0.15, -0.1) is 0 Å². The van der Waals surface area contributed by atoms with E-state index >= 15 is 0 Å². The summed E-state index contributed by atoms with van der Waals surface area (Å²) in [5.41, 5.74) is 3.30. The van der Waals surface area contributed by atoms with Crippen LogP contribution in [0.25, 0.3) is 11.0 Å². The lowest BCUT2D eigenvalue weighted by molar-refractivity contribution is 0.0976. The number of hydrogen-bond acceptors (Lipinski definition) is 6. The molecule has 3 aromatic rings. The molecular weight excluding hydrogens is 310 g/mol. The van der Waals surface area contributed by atoms with Crippen LogP contribution in [-0.4, -0.2) is 33.7 Å². The van der Waals surface area contributed by atoms with Crippen molar-refractivity contribution in [1.29, 1.82) is 0 Å². The van der Waals surface area contributed by atoms with E-state index in [1.165, 1.54) is 11.7 Å². The van der Waals surface area contributed by atoms with Crippen molar-refractivity contribution in [1.82, 2.24) is 14.1 Å². The molecule has 0 spiro atoms. The van der Waals surface area contributed by atoms with E-state index < -0.39 is 0 Å². The topological polar surface area (TPSA) is 70.5 Å². The maximum absolute atomic E-state index is 12.3. The number of aliphatic imine (C=N–C) groups is 1. The van der Waals surface area contributed by atoms with Crippen molar-refractivity contribution in [3.8, 4) is 0 Å². The number of benzene rings is 2. The molecule has 4 rings (SSSR count). The summed E-state index contributed by atoms with van der Waals surface area (Å²) in [5.74, 6) is 0.411. The summed E-state index contributed by atoms with van der Waals surface area (Å²) in [6.07, 6.45) is 0. The molecule has 0 saturated carbocycles. The molecule has 6 nitrogen and oxygen atoms in total. The standard InChI is InChI=1S/C16H13N5OS/c22-15(11-4-2-1-3-5-11)18-16-17-8-9-21(16)12-6-7-13-14(10-12)20-23-19-13/h1-7,10H,8-9H2,(H,17,18,22). The molecule has 0 fully saturated rings. The first-order chi connectivity index (χ1) is 11.3. The number of amides is 1. The van der Waals surface area contributed by atoms with E-state index in [0.717, 1.165) is 23.3 Å². The Balaban J connectivity index is 1.57. The van der Waals surface area contributed by atoms with E-state index in [9.17, 15) is 4.79 Å². The first-order valence-corrected chi connectivity index (χ1v) is 7.95. The Morgan fingerprint density at radius 2 is 1.91 bits per heavy atom. The molecule has 2 heterocycles. The molecule has 0 bridgehead atoms. The van der Waals surface area contributed by atoms with Crippen LogP contribution in [-0.2, 0) is 0 Å². The Bertz CT molecular complexity index is 890. The van der Waals surface area contributed by atoms with Gasteiger partial charge in [-0.3, -0.25) is 15.1 Å². The molecule has 1 aliphatic heterocycles. The third-order valence-electron chi connectivity index (χ3n) is 3.65. The smallest absolute Gasteiger partial charge is 0.257 e. The summed E-state index contributed by atoms with van der Waals surface area (Å²) >= 11 is 1.19. The summed E-state index contributed by atoms with van der Waals surface area (Å²) in [6.45, 7) is 1.38. The molecule has 7 heteroatoms. The largest absolute Gasteiger partial charge is 0.310 e. The van der Waals surface area contributed by atoms with E-state index in [0.29, 0.717) is 18.1 Å². The van der Waals surface area contributed by atoms with Gasteiger partial charge in [-0.05, 0) is 30.3 Å². The maximum atomic E-state index is 12.3. The van der Waals surface area contributed by atoms with Gasteiger partial charge in [0.1, 0.15) is 11.0 Å². The Morgan fingerprint density at radius 1 is 1.09 bits per heavy atom. The van der Waals surface area contributed by atoms with Crippen LogP contribution in [0.3, 0.4) is 0 Å². The molecule has 0 aliphatic carbocycles. The quantitative estimate of drug-likeness (QED) is 0.785. The second kappa shape index (κ2) is 5.77. The second-order valence-corrected chi connectivity index (χ2v) is 5.64. The van der Waals surface area contributed by atoms with Crippen LogP contribution >= 0.6 is 11.7 Å². The van der Waals surface area contributed by atoms with E-state index in [1.54, 1.807) is 12.1 Å². The fraction of sp³-hybridized carbons (Fsp3) is 0.125. The number of fused-ring (bicyclic) bond motifs is 1. The van der Waals surface area contributed by atoms with Crippen LogP contribution in [0.5, 0.6) is 0 Å². The Kier molecular flexibility index (Phi) is 3.47.